The molecule has 2 aliphatic heterocycles. The van der Waals surface area contributed by atoms with Crippen molar-refractivity contribution in [2.24, 2.45) is 0 Å². The molecule has 3 aromatic carbocycles. The molecule has 32 heavy (non-hydrogen) atoms. The van der Waals surface area contributed by atoms with Crippen LogP contribution in [0.25, 0.3) is 0 Å². The highest BCUT2D eigenvalue weighted by Gasteiger charge is 2.59. The van der Waals surface area contributed by atoms with E-state index in [0.29, 0.717) is 26.2 Å². The van der Waals surface area contributed by atoms with Gasteiger partial charge in [0.05, 0.1) is 12.6 Å². The maximum Gasteiger partial charge on any atom is 0.239 e. The number of carbonyl (C=O) groups excluding carboxylic acids is 2. The van der Waals surface area contributed by atoms with Crippen molar-refractivity contribution in [2.45, 2.75) is 37.5 Å². The summed E-state index contributed by atoms with van der Waals surface area (Å²) in [5.41, 5.74) is 3.37. The van der Waals surface area contributed by atoms with Gasteiger partial charge >= 0.3 is 0 Å². The van der Waals surface area contributed by atoms with Crippen molar-refractivity contribution >= 4 is 17.5 Å². The summed E-state index contributed by atoms with van der Waals surface area (Å²) in [6.07, 6.45) is 0.826. The van der Waals surface area contributed by atoms with Crippen molar-refractivity contribution in [3.8, 4) is 0 Å². The van der Waals surface area contributed by atoms with Crippen LogP contribution < -0.4 is 10.2 Å². The summed E-state index contributed by atoms with van der Waals surface area (Å²) in [6, 6.07) is 28.1. The smallest absolute Gasteiger partial charge is 0.239 e. The van der Waals surface area contributed by atoms with E-state index in [2.05, 4.69) is 28.4 Å². The predicted molar refractivity (Wildman–Crippen MR) is 123 cm³/mol. The summed E-state index contributed by atoms with van der Waals surface area (Å²) in [5, 5.41) is 2.58. The van der Waals surface area contributed by atoms with E-state index in [0.717, 1.165) is 16.8 Å². The number of para-hydroxylation sites is 1. The molecular weight excluding hydrogens is 400 g/mol. The number of carbonyl (C=O) groups is 2. The Morgan fingerprint density at radius 1 is 0.875 bits per heavy atom. The molecule has 5 heteroatoms. The highest BCUT2D eigenvalue weighted by Crippen LogP contribution is 2.51. The lowest BCUT2D eigenvalue weighted by atomic mass is 9.74. The Hall–Kier alpha value is -3.44. The van der Waals surface area contributed by atoms with Crippen LogP contribution in [-0.2, 0) is 32.9 Å². The molecule has 2 amide bonds. The van der Waals surface area contributed by atoms with Gasteiger partial charge in [-0.2, -0.15) is 0 Å². The molecule has 3 aromatic rings. The summed E-state index contributed by atoms with van der Waals surface area (Å²) in [4.78, 5) is 27.9. The molecule has 5 nitrogen and oxygen atoms in total. The third-order valence-electron chi connectivity index (χ3n) is 6.58. The number of hydrogen-bond donors (Lipinski definition) is 1. The molecular formula is C27H26N2O3. The minimum absolute atomic E-state index is 0.165. The van der Waals surface area contributed by atoms with Gasteiger partial charge in [-0.15, -0.1) is 0 Å². The summed E-state index contributed by atoms with van der Waals surface area (Å²) in [6.45, 7) is 1.70. The average molecular weight is 427 g/mol. The van der Waals surface area contributed by atoms with Gasteiger partial charge in [0.25, 0.3) is 0 Å². The lowest BCUT2D eigenvalue weighted by Gasteiger charge is -2.34. The second-order valence-electron chi connectivity index (χ2n) is 8.50. The maximum absolute atomic E-state index is 13.2. The van der Waals surface area contributed by atoms with Crippen LogP contribution in [-0.4, -0.2) is 24.5 Å². The monoisotopic (exact) mass is 426 g/mol. The average Bonchev–Trinajstić information content (AvgIpc) is 3.26. The molecule has 0 aromatic heterocycles. The Labute approximate surface area is 188 Å². The van der Waals surface area contributed by atoms with E-state index in [-0.39, 0.29) is 24.3 Å². The summed E-state index contributed by atoms with van der Waals surface area (Å²) in [5.74, 6) is -0.403. The zero-order chi connectivity index (χ0) is 22.0. The van der Waals surface area contributed by atoms with Crippen LogP contribution in [0.2, 0.25) is 0 Å². The van der Waals surface area contributed by atoms with Crippen LogP contribution in [0, 0.1) is 0 Å². The molecule has 0 radical (unpaired) electrons. The van der Waals surface area contributed by atoms with Crippen LogP contribution >= 0.6 is 0 Å². The van der Waals surface area contributed by atoms with E-state index < -0.39 is 5.41 Å². The molecule has 162 valence electrons. The Morgan fingerprint density at radius 2 is 1.53 bits per heavy atom. The molecule has 2 heterocycles. The fraction of sp³-hybridized carbons (Fsp3) is 0.259. The molecule has 5 rings (SSSR count). The third kappa shape index (κ3) is 3.59. The van der Waals surface area contributed by atoms with E-state index >= 15 is 0 Å². The van der Waals surface area contributed by atoms with Crippen LogP contribution in [0.3, 0.4) is 0 Å². The van der Waals surface area contributed by atoms with Gasteiger partial charge in [0, 0.05) is 25.3 Å². The Morgan fingerprint density at radius 3 is 2.22 bits per heavy atom. The number of amides is 2. The fourth-order valence-electron chi connectivity index (χ4n) is 5.15. The molecule has 1 fully saturated rings. The van der Waals surface area contributed by atoms with Gasteiger partial charge in [0.1, 0.15) is 5.41 Å². The SMILES string of the molecule is O=C1C[C@]2(C(=O)N1)c1ccccc1N(Cc1ccccc1)[C@@H]2CCOCc1ccccc1. The lowest BCUT2D eigenvalue weighted by molar-refractivity contribution is -0.126. The molecule has 1 spiro atoms. The highest BCUT2D eigenvalue weighted by atomic mass is 16.5. The molecule has 0 saturated carbocycles. The Bertz CT molecular complexity index is 1120. The first-order valence-corrected chi connectivity index (χ1v) is 11.0. The number of ether oxygens (including phenoxy) is 1. The normalized spacial score (nSPS) is 21.8. The molecule has 0 unspecified atom stereocenters. The summed E-state index contributed by atoms with van der Waals surface area (Å²) < 4.78 is 6.00. The summed E-state index contributed by atoms with van der Waals surface area (Å²) in [7, 11) is 0. The molecule has 2 atom stereocenters. The number of anilines is 1. The zero-order valence-electron chi connectivity index (χ0n) is 17.9. The second-order valence-corrected chi connectivity index (χ2v) is 8.50. The second kappa shape index (κ2) is 8.60. The third-order valence-corrected chi connectivity index (χ3v) is 6.58. The van der Waals surface area contributed by atoms with E-state index in [9.17, 15) is 9.59 Å². The maximum atomic E-state index is 13.2. The number of nitrogens with zero attached hydrogens (tertiary/aromatic N) is 1. The van der Waals surface area contributed by atoms with Gasteiger partial charge in [-0.25, -0.2) is 0 Å². The van der Waals surface area contributed by atoms with Crippen molar-refractivity contribution in [3.63, 3.8) is 0 Å². The van der Waals surface area contributed by atoms with E-state index in [4.69, 9.17) is 4.74 Å². The molecule has 1 saturated heterocycles. The van der Waals surface area contributed by atoms with Crippen LogP contribution in [0.4, 0.5) is 5.69 Å². The van der Waals surface area contributed by atoms with Gasteiger partial charge in [0.2, 0.25) is 11.8 Å². The predicted octanol–water partition coefficient (Wildman–Crippen LogP) is 3.97. The van der Waals surface area contributed by atoms with Crippen molar-refractivity contribution in [1.82, 2.24) is 5.32 Å². The van der Waals surface area contributed by atoms with Crippen molar-refractivity contribution in [2.75, 3.05) is 11.5 Å². The zero-order valence-corrected chi connectivity index (χ0v) is 17.9. The van der Waals surface area contributed by atoms with E-state index in [1.807, 2.05) is 66.7 Å². The molecule has 0 bridgehead atoms. The first-order chi connectivity index (χ1) is 15.7. The number of fused-ring (bicyclic) bond motifs is 2. The highest BCUT2D eigenvalue weighted by molar-refractivity contribution is 6.11. The number of benzene rings is 3. The topological polar surface area (TPSA) is 58.6 Å². The Kier molecular flexibility index (Phi) is 5.50. The quantitative estimate of drug-likeness (QED) is 0.459. The minimum atomic E-state index is -0.876. The standard InChI is InChI=1S/C27H26N2O3/c30-25-17-27(26(31)28-25)22-13-7-8-14-23(22)29(18-20-9-3-1-4-10-20)24(27)15-16-32-19-21-11-5-2-6-12-21/h1-14,24H,15-19H2,(H,28,30,31)/t24-,27+/m1/s1. The van der Waals surface area contributed by atoms with Crippen LogP contribution in [0.15, 0.2) is 84.9 Å². The number of nitrogens with one attached hydrogen (secondary N) is 1. The van der Waals surface area contributed by atoms with Crippen molar-refractivity contribution in [1.29, 1.82) is 0 Å². The number of rotatable bonds is 7. The summed E-state index contributed by atoms with van der Waals surface area (Å²) >= 11 is 0. The van der Waals surface area contributed by atoms with Gasteiger partial charge in [-0.3, -0.25) is 14.9 Å². The lowest BCUT2D eigenvalue weighted by Crippen LogP contribution is -2.49. The molecule has 1 N–H and O–H groups in total. The van der Waals surface area contributed by atoms with Crippen molar-refractivity contribution < 1.29 is 14.3 Å². The van der Waals surface area contributed by atoms with Gasteiger partial charge in [0.15, 0.2) is 0 Å². The van der Waals surface area contributed by atoms with Crippen LogP contribution in [0.1, 0.15) is 29.5 Å². The Balaban J connectivity index is 1.45. The minimum Gasteiger partial charge on any atom is -0.377 e. The number of imide groups is 1. The van der Waals surface area contributed by atoms with Crippen LogP contribution in [0.5, 0.6) is 0 Å². The molecule has 2 aliphatic rings. The molecule has 0 aliphatic carbocycles. The first kappa shape index (κ1) is 20.5. The van der Waals surface area contributed by atoms with Gasteiger partial charge in [-0.1, -0.05) is 78.9 Å². The fourth-order valence-corrected chi connectivity index (χ4v) is 5.15. The van der Waals surface area contributed by atoms with E-state index in [1.165, 1.54) is 5.56 Å². The van der Waals surface area contributed by atoms with Gasteiger partial charge in [-0.05, 0) is 29.2 Å². The van der Waals surface area contributed by atoms with Crippen molar-refractivity contribution in [3.05, 3.63) is 102 Å². The van der Waals surface area contributed by atoms with Gasteiger partial charge < -0.3 is 9.64 Å². The largest absolute Gasteiger partial charge is 0.377 e. The first-order valence-electron chi connectivity index (χ1n) is 11.0. The van der Waals surface area contributed by atoms with E-state index in [1.54, 1.807) is 0 Å². The number of hydrogen-bond acceptors (Lipinski definition) is 4.